The minimum Gasteiger partial charge on any atom is -0.503 e. The second-order valence-electron chi connectivity index (χ2n) is 8.41. The number of aromatic nitrogens is 1. The molecule has 0 fully saturated rings. The van der Waals surface area contributed by atoms with Crippen molar-refractivity contribution in [2.75, 3.05) is 33.5 Å². The predicted molar refractivity (Wildman–Crippen MR) is 143 cm³/mol. The molecule has 0 aliphatic rings. The lowest BCUT2D eigenvalue weighted by molar-refractivity contribution is 0.0740. The number of hydrogen-bond donors (Lipinski definition) is 1. The molecule has 0 saturated heterocycles. The molecule has 0 radical (unpaired) electrons. The van der Waals surface area contributed by atoms with Gasteiger partial charge in [-0.05, 0) is 30.5 Å². The molecule has 1 heterocycles. The van der Waals surface area contributed by atoms with Gasteiger partial charge in [0.15, 0.2) is 17.3 Å². The average Bonchev–Trinajstić information content (AvgIpc) is 3.33. The number of Topliss-reactive ketones (excluding diaryl/α,β-unsaturated/α-hetero) is 1. The number of carbonyl (C=O) groups is 2. The van der Waals surface area contributed by atoms with Crippen LogP contribution in [0.3, 0.4) is 0 Å². The number of thiazole rings is 1. The minimum absolute atomic E-state index is 0.0174. The van der Waals surface area contributed by atoms with E-state index in [1.54, 1.807) is 4.90 Å². The summed E-state index contributed by atoms with van der Waals surface area (Å²) in [5.74, 6) is -1.84. The van der Waals surface area contributed by atoms with E-state index in [1.165, 1.54) is 50.1 Å². The van der Waals surface area contributed by atoms with Crippen LogP contribution in [0.15, 0.2) is 47.8 Å². The predicted octanol–water partition coefficient (Wildman–Crippen LogP) is 3.86. The van der Waals surface area contributed by atoms with Gasteiger partial charge >= 0.3 is 0 Å². The Labute approximate surface area is 225 Å². The van der Waals surface area contributed by atoms with Crippen LogP contribution in [0.4, 0.5) is 0 Å². The summed E-state index contributed by atoms with van der Waals surface area (Å²) in [6.45, 7) is 0.485. The van der Waals surface area contributed by atoms with E-state index in [4.69, 9.17) is 16.3 Å². The van der Waals surface area contributed by atoms with Crippen molar-refractivity contribution >= 4 is 44.7 Å². The zero-order valence-corrected chi connectivity index (χ0v) is 23.1. The van der Waals surface area contributed by atoms with Crippen molar-refractivity contribution < 1.29 is 27.9 Å². The SMILES string of the molecule is COc1cc(C(=O)N(CCCc2ccccc2)Cc2nc(C(=O)CS(=O)(=O)N(C)C)cs2)cc(Cl)c1O. The van der Waals surface area contributed by atoms with Crippen LogP contribution in [0.5, 0.6) is 11.5 Å². The Morgan fingerprint density at radius 2 is 1.86 bits per heavy atom. The lowest BCUT2D eigenvalue weighted by atomic mass is 10.1. The van der Waals surface area contributed by atoms with Gasteiger partial charge < -0.3 is 14.7 Å². The van der Waals surface area contributed by atoms with E-state index in [2.05, 4.69) is 4.98 Å². The molecule has 0 unspecified atom stereocenters. The summed E-state index contributed by atoms with van der Waals surface area (Å²) in [4.78, 5) is 31.9. The number of carbonyl (C=O) groups excluding carboxylic acids is 2. The van der Waals surface area contributed by atoms with Crippen LogP contribution in [0.25, 0.3) is 0 Å². The van der Waals surface area contributed by atoms with Crippen LogP contribution >= 0.6 is 22.9 Å². The van der Waals surface area contributed by atoms with Crippen LogP contribution in [0.1, 0.15) is 37.8 Å². The summed E-state index contributed by atoms with van der Waals surface area (Å²) >= 11 is 7.27. The fraction of sp³-hybridized carbons (Fsp3) is 0.320. The first kappa shape index (κ1) is 28.6. The Morgan fingerprint density at radius 1 is 1.16 bits per heavy atom. The van der Waals surface area contributed by atoms with Gasteiger partial charge in [-0.1, -0.05) is 41.9 Å². The fourth-order valence-electron chi connectivity index (χ4n) is 3.45. The molecule has 0 aliphatic carbocycles. The standard InChI is InChI=1S/C25H28ClN3O6S2/c1-28(2)37(33,34)16-21(30)20-15-36-23(27-20)14-29(11-7-10-17-8-5-4-6-9-17)25(32)18-12-19(26)24(31)22(13-18)35-3/h4-6,8-9,12-13,15,31H,7,10-11,14,16H2,1-3H3. The molecule has 0 bridgehead atoms. The molecule has 0 aliphatic heterocycles. The lowest BCUT2D eigenvalue weighted by Crippen LogP contribution is -2.32. The topological polar surface area (TPSA) is 117 Å². The maximum Gasteiger partial charge on any atom is 0.254 e. The summed E-state index contributed by atoms with van der Waals surface area (Å²) in [6, 6.07) is 12.6. The van der Waals surface area contributed by atoms with E-state index in [0.29, 0.717) is 18.0 Å². The van der Waals surface area contributed by atoms with E-state index in [9.17, 15) is 23.1 Å². The van der Waals surface area contributed by atoms with Crippen LogP contribution in [0.2, 0.25) is 5.02 Å². The number of benzene rings is 2. The van der Waals surface area contributed by atoms with Gasteiger partial charge in [0.25, 0.3) is 5.91 Å². The number of methoxy groups -OCH3 is 1. The molecular weight excluding hydrogens is 538 g/mol. The highest BCUT2D eigenvalue weighted by Gasteiger charge is 2.24. The van der Waals surface area contributed by atoms with Crippen molar-refractivity contribution in [2.45, 2.75) is 19.4 Å². The van der Waals surface area contributed by atoms with Gasteiger partial charge in [-0.25, -0.2) is 17.7 Å². The molecule has 1 N–H and O–H groups in total. The van der Waals surface area contributed by atoms with E-state index in [1.807, 2.05) is 30.3 Å². The first-order valence-corrected chi connectivity index (χ1v) is 14.2. The summed E-state index contributed by atoms with van der Waals surface area (Å²) in [5, 5.41) is 12.0. The number of aromatic hydroxyl groups is 1. The van der Waals surface area contributed by atoms with Gasteiger partial charge in [-0.3, -0.25) is 9.59 Å². The molecule has 3 rings (SSSR count). The Balaban J connectivity index is 1.81. The maximum absolute atomic E-state index is 13.5. The lowest BCUT2D eigenvalue weighted by Gasteiger charge is -2.22. The smallest absolute Gasteiger partial charge is 0.254 e. The average molecular weight is 566 g/mol. The zero-order valence-electron chi connectivity index (χ0n) is 20.7. The van der Waals surface area contributed by atoms with Crippen LogP contribution in [-0.4, -0.2) is 72.9 Å². The summed E-state index contributed by atoms with van der Waals surface area (Å²) in [7, 11) is 0.360. The van der Waals surface area contributed by atoms with E-state index < -0.39 is 21.6 Å². The minimum atomic E-state index is -3.72. The van der Waals surface area contributed by atoms with E-state index in [-0.39, 0.29) is 40.2 Å². The first-order valence-electron chi connectivity index (χ1n) is 11.3. The third kappa shape index (κ3) is 7.51. The number of phenols is 1. The number of phenolic OH excluding ortho intramolecular Hbond substituents is 1. The van der Waals surface area contributed by atoms with E-state index in [0.717, 1.165) is 16.3 Å². The van der Waals surface area contributed by atoms with Gasteiger partial charge in [0.2, 0.25) is 10.0 Å². The van der Waals surface area contributed by atoms with Crippen LogP contribution in [-0.2, 0) is 23.0 Å². The molecule has 0 spiro atoms. The van der Waals surface area contributed by atoms with Crippen molar-refractivity contribution in [1.82, 2.24) is 14.2 Å². The van der Waals surface area contributed by atoms with Gasteiger partial charge in [-0.2, -0.15) is 0 Å². The second kappa shape index (κ2) is 12.5. The summed E-state index contributed by atoms with van der Waals surface area (Å²) in [5.41, 5.74) is 1.40. The fourth-order valence-corrected chi connectivity index (χ4v) is 5.21. The number of ketones is 1. The van der Waals surface area contributed by atoms with E-state index >= 15 is 0 Å². The molecule has 2 aromatic carbocycles. The molecule has 1 aromatic heterocycles. The Morgan fingerprint density at radius 3 is 2.51 bits per heavy atom. The third-order valence-electron chi connectivity index (χ3n) is 5.55. The normalized spacial score (nSPS) is 11.5. The molecule has 0 saturated carbocycles. The highest BCUT2D eigenvalue weighted by Crippen LogP contribution is 2.35. The molecule has 1 amide bonds. The molecule has 37 heavy (non-hydrogen) atoms. The second-order valence-corrected chi connectivity index (χ2v) is 11.9. The monoisotopic (exact) mass is 565 g/mol. The highest BCUT2D eigenvalue weighted by molar-refractivity contribution is 7.89. The Kier molecular flexibility index (Phi) is 9.66. The highest BCUT2D eigenvalue weighted by atomic mass is 35.5. The number of ether oxygens (including phenoxy) is 1. The third-order valence-corrected chi connectivity index (χ3v) is 8.41. The number of rotatable bonds is 12. The molecule has 3 aromatic rings. The van der Waals surface area contributed by atoms with Crippen LogP contribution in [0, 0.1) is 0 Å². The zero-order chi connectivity index (χ0) is 27.2. The van der Waals surface area contributed by atoms with Gasteiger partial charge in [0.05, 0.1) is 18.7 Å². The van der Waals surface area contributed by atoms with Crippen molar-refractivity contribution in [3.05, 3.63) is 74.7 Å². The molecule has 0 atom stereocenters. The Bertz CT molecular complexity index is 1360. The van der Waals surface area contributed by atoms with Gasteiger partial charge in [0.1, 0.15) is 16.5 Å². The Hall–Kier alpha value is -2.99. The molecule has 9 nitrogen and oxygen atoms in total. The summed E-state index contributed by atoms with van der Waals surface area (Å²) in [6.07, 6.45) is 1.41. The molecule has 12 heteroatoms. The number of amides is 1. The van der Waals surface area contributed by atoms with Crippen molar-refractivity contribution in [3.8, 4) is 11.5 Å². The van der Waals surface area contributed by atoms with Crippen molar-refractivity contribution in [3.63, 3.8) is 0 Å². The number of sulfonamides is 1. The largest absolute Gasteiger partial charge is 0.503 e. The first-order chi connectivity index (χ1) is 17.5. The quantitative estimate of drug-likeness (QED) is 0.331. The number of halogens is 1. The number of aryl methyl sites for hydroxylation is 1. The van der Waals surface area contributed by atoms with Gasteiger partial charge in [0, 0.05) is 31.6 Å². The summed E-state index contributed by atoms with van der Waals surface area (Å²) < 4.78 is 30.3. The molecular formula is C25H28ClN3O6S2. The van der Waals surface area contributed by atoms with Crippen LogP contribution < -0.4 is 4.74 Å². The number of nitrogens with zero attached hydrogens (tertiary/aromatic N) is 3. The van der Waals surface area contributed by atoms with Gasteiger partial charge in [-0.15, -0.1) is 11.3 Å². The molecule has 198 valence electrons. The maximum atomic E-state index is 13.5. The van der Waals surface area contributed by atoms with Crippen molar-refractivity contribution in [1.29, 1.82) is 0 Å². The number of hydrogen-bond acceptors (Lipinski definition) is 8. The van der Waals surface area contributed by atoms with Crippen molar-refractivity contribution in [2.24, 2.45) is 0 Å².